The molecule has 29 heavy (non-hydrogen) atoms. The summed E-state index contributed by atoms with van der Waals surface area (Å²) in [6.07, 6.45) is 3.27. The molecule has 1 unspecified atom stereocenters. The molecule has 1 aliphatic rings. The molecule has 0 saturated carbocycles. The lowest BCUT2D eigenvalue weighted by Crippen LogP contribution is -2.28. The molecule has 1 aliphatic heterocycles. The van der Waals surface area contributed by atoms with Gasteiger partial charge in [-0.25, -0.2) is 0 Å². The highest BCUT2D eigenvalue weighted by Crippen LogP contribution is 2.33. The van der Waals surface area contributed by atoms with Crippen LogP contribution < -0.4 is 19.5 Å². The van der Waals surface area contributed by atoms with E-state index in [9.17, 15) is 4.79 Å². The average molecular weight is 387 g/mol. The third-order valence-electron chi connectivity index (χ3n) is 4.69. The number of para-hydroxylation sites is 1. The molecule has 3 aromatic rings. The number of fused-ring (bicyclic) bond motifs is 1. The Morgan fingerprint density at radius 1 is 1.00 bits per heavy atom. The van der Waals surface area contributed by atoms with Gasteiger partial charge in [0.05, 0.1) is 13.2 Å². The van der Waals surface area contributed by atoms with E-state index in [4.69, 9.17) is 14.2 Å². The number of benzene rings is 3. The van der Waals surface area contributed by atoms with E-state index < -0.39 is 0 Å². The van der Waals surface area contributed by atoms with Gasteiger partial charge in [0, 0.05) is 11.6 Å². The minimum Gasteiger partial charge on any atom is -0.496 e. The molecule has 1 amide bonds. The van der Waals surface area contributed by atoms with Gasteiger partial charge in [-0.1, -0.05) is 54.6 Å². The molecule has 4 rings (SSSR count). The molecule has 0 fully saturated rings. The topological polar surface area (TPSA) is 56.8 Å². The molecule has 0 aromatic heterocycles. The van der Waals surface area contributed by atoms with Crippen molar-refractivity contribution >= 4 is 12.0 Å². The highest BCUT2D eigenvalue weighted by molar-refractivity contribution is 5.92. The summed E-state index contributed by atoms with van der Waals surface area (Å²) in [5.74, 6) is 1.92. The smallest absolute Gasteiger partial charge is 0.244 e. The van der Waals surface area contributed by atoms with Gasteiger partial charge >= 0.3 is 0 Å². The summed E-state index contributed by atoms with van der Waals surface area (Å²) in [5.41, 5.74) is 2.73. The van der Waals surface area contributed by atoms with Crippen molar-refractivity contribution in [1.29, 1.82) is 0 Å². The molecular formula is C24H21NO4. The number of carbonyl (C=O) groups excluding carboxylic acids is 1. The van der Waals surface area contributed by atoms with Crippen molar-refractivity contribution in [3.05, 3.63) is 95.6 Å². The van der Waals surface area contributed by atoms with Gasteiger partial charge < -0.3 is 19.5 Å². The molecule has 1 heterocycles. The van der Waals surface area contributed by atoms with Crippen LogP contribution in [0.2, 0.25) is 0 Å². The Bertz CT molecular complexity index is 1030. The lowest BCUT2D eigenvalue weighted by molar-refractivity contribution is -0.116. The zero-order chi connectivity index (χ0) is 20.1. The Morgan fingerprint density at radius 2 is 1.76 bits per heavy atom. The van der Waals surface area contributed by atoms with Crippen molar-refractivity contribution in [1.82, 2.24) is 5.32 Å². The number of hydrogen-bond acceptors (Lipinski definition) is 4. The van der Waals surface area contributed by atoms with Crippen LogP contribution in [0, 0.1) is 0 Å². The third kappa shape index (κ3) is 4.24. The number of methoxy groups -OCH3 is 1. The molecule has 0 bridgehead atoms. The van der Waals surface area contributed by atoms with E-state index in [2.05, 4.69) is 5.32 Å². The highest BCUT2D eigenvalue weighted by atomic mass is 16.7. The summed E-state index contributed by atoms with van der Waals surface area (Å²) >= 11 is 0. The summed E-state index contributed by atoms with van der Waals surface area (Å²) in [5, 5.41) is 3.09. The van der Waals surface area contributed by atoms with E-state index in [1.807, 2.05) is 72.8 Å². The molecular weight excluding hydrogens is 366 g/mol. The Hall–Kier alpha value is -3.73. The van der Waals surface area contributed by atoms with Crippen molar-refractivity contribution in [3.8, 4) is 17.2 Å². The highest BCUT2D eigenvalue weighted by Gasteiger charge is 2.19. The normalized spacial score (nSPS) is 13.3. The van der Waals surface area contributed by atoms with Gasteiger partial charge in [0.15, 0.2) is 11.5 Å². The van der Waals surface area contributed by atoms with Gasteiger partial charge in [0.2, 0.25) is 12.7 Å². The van der Waals surface area contributed by atoms with Crippen molar-refractivity contribution in [2.45, 2.75) is 6.04 Å². The molecule has 0 spiro atoms. The summed E-state index contributed by atoms with van der Waals surface area (Å²) in [7, 11) is 1.63. The first-order chi connectivity index (χ1) is 14.2. The van der Waals surface area contributed by atoms with Crippen LogP contribution in [0.3, 0.4) is 0 Å². The van der Waals surface area contributed by atoms with E-state index in [1.54, 1.807) is 13.2 Å². The Balaban J connectivity index is 1.56. The first kappa shape index (κ1) is 18.6. The number of rotatable bonds is 6. The molecule has 5 nitrogen and oxygen atoms in total. The molecule has 1 atom stereocenters. The van der Waals surface area contributed by atoms with E-state index in [1.165, 1.54) is 6.08 Å². The Morgan fingerprint density at radius 3 is 2.59 bits per heavy atom. The zero-order valence-electron chi connectivity index (χ0n) is 16.0. The van der Waals surface area contributed by atoms with Crippen molar-refractivity contribution in [2.24, 2.45) is 0 Å². The first-order valence-electron chi connectivity index (χ1n) is 9.30. The number of nitrogens with one attached hydrogen (secondary N) is 1. The largest absolute Gasteiger partial charge is 0.496 e. The first-order valence-corrected chi connectivity index (χ1v) is 9.30. The minimum atomic E-state index is -0.332. The standard InChI is InChI=1S/C24H21NO4/c1-27-20-10-6-5-9-19(20)24(18-7-3-2-4-8-18)25-23(26)14-12-17-11-13-21-22(15-17)29-16-28-21/h2-15,24H,16H2,1H3,(H,25,26)/b14-12+. The van der Waals surface area contributed by atoms with Crippen LogP contribution in [-0.2, 0) is 4.79 Å². The van der Waals surface area contributed by atoms with Crippen LogP contribution in [0.4, 0.5) is 0 Å². The van der Waals surface area contributed by atoms with Gasteiger partial charge in [-0.2, -0.15) is 0 Å². The summed E-state index contributed by atoms with van der Waals surface area (Å²) in [6.45, 7) is 0.223. The average Bonchev–Trinajstić information content (AvgIpc) is 3.24. The van der Waals surface area contributed by atoms with Crippen LogP contribution in [0.15, 0.2) is 78.9 Å². The minimum absolute atomic E-state index is 0.206. The van der Waals surface area contributed by atoms with Gasteiger partial charge in [0.1, 0.15) is 5.75 Å². The number of amides is 1. The maximum absolute atomic E-state index is 12.7. The van der Waals surface area contributed by atoms with E-state index in [0.29, 0.717) is 11.5 Å². The molecule has 5 heteroatoms. The summed E-state index contributed by atoms with van der Waals surface area (Å²) < 4.78 is 16.2. The zero-order valence-corrected chi connectivity index (χ0v) is 16.0. The van der Waals surface area contributed by atoms with Crippen LogP contribution in [0.25, 0.3) is 6.08 Å². The summed E-state index contributed by atoms with van der Waals surface area (Å²) in [6, 6.07) is 22.7. The van der Waals surface area contributed by atoms with Gasteiger partial charge in [-0.05, 0) is 35.4 Å². The second-order valence-corrected chi connectivity index (χ2v) is 6.54. The lowest BCUT2D eigenvalue weighted by atomic mass is 9.97. The fourth-order valence-electron chi connectivity index (χ4n) is 3.27. The van der Waals surface area contributed by atoms with Gasteiger partial charge in [0.25, 0.3) is 0 Å². The van der Waals surface area contributed by atoms with E-state index in [0.717, 1.165) is 22.4 Å². The van der Waals surface area contributed by atoms with Crippen molar-refractivity contribution in [3.63, 3.8) is 0 Å². The lowest BCUT2D eigenvalue weighted by Gasteiger charge is -2.21. The Labute approximate surface area is 169 Å². The van der Waals surface area contributed by atoms with Gasteiger partial charge in [-0.3, -0.25) is 4.79 Å². The number of ether oxygens (including phenoxy) is 3. The van der Waals surface area contributed by atoms with Crippen molar-refractivity contribution < 1.29 is 19.0 Å². The molecule has 1 N–H and O–H groups in total. The SMILES string of the molecule is COc1ccccc1C(NC(=O)/C=C/c1ccc2c(c1)OCO2)c1ccccc1. The molecule has 3 aromatic carbocycles. The fourth-order valence-corrected chi connectivity index (χ4v) is 3.27. The molecule has 0 saturated heterocycles. The number of carbonyl (C=O) groups is 1. The maximum atomic E-state index is 12.7. The summed E-state index contributed by atoms with van der Waals surface area (Å²) in [4.78, 5) is 12.7. The van der Waals surface area contributed by atoms with E-state index >= 15 is 0 Å². The molecule has 0 radical (unpaired) electrons. The van der Waals surface area contributed by atoms with E-state index in [-0.39, 0.29) is 18.7 Å². The van der Waals surface area contributed by atoms with Crippen molar-refractivity contribution in [2.75, 3.05) is 13.9 Å². The quantitative estimate of drug-likeness (QED) is 0.639. The monoisotopic (exact) mass is 387 g/mol. The third-order valence-corrected chi connectivity index (χ3v) is 4.69. The fraction of sp³-hybridized carbons (Fsp3) is 0.125. The number of hydrogen-bond donors (Lipinski definition) is 1. The molecule has 146 valence electrons. The predicted molar refractivity (Wildman–Crippen MR) is 111 cm³/mol. The Kier molecular flexibility index (Phi) is 5.47. The second-order valence-electron chi connectivity index (χ2n) is 6.54. The predicted octanol–water partition coefficient (Wildman–Crippen LogP) is 4.34. The van der Waals surface area contributed by atoms with Gasteiger partial charge in [-0.15, -0.1) is 0 Å². The van der Waals surface area contributed by atoms with Crippen LogP contribution in [0.5, 0.6) is 17.2 Å². The second kappa shape index (κ2) is 8.52. The van der Waals surface area contributed by atoms with Crippen LogP contribution in [0.1, 0.15) is 22.7 Å². The van der Waals surface area contributed by atoms with Crippen LogP contribution >= 0.6 is 0 Å². The molecule has 0 aliphatic carbocycles. The maximum Gasteiger partial charge on any atom is 0.244 e. The van der Waals surface area contributed by atoms with Crippen LogP contribution in [-0.4, -0.2) is 19.8 Å².